The zero-order valence-electron chi connectivity index (χ0n) is 10.0. The van der Waals surface area contributed by atoms with Gasteiger partial charge in [0, 0.05) is 0 Å². The van der Waals surface area contributed by atoms with Crippen molar-refractivity contribution in [1.29, 1.82) is 0 Å². The van der Waals surface area contributed by atoms with Gasteiger partial charge in [-0.05, 0) is 6.42 Å². The molecule has 0 bridgehead atoms. The molecule has 0 saturated heterocycles. The first-order chi connectivity index (χ1) is 7.14. The van der Waals surface area contributed by atoms with Crippen molar-refractivity contribution in [2.75, 3.05) is 13.7 Å². The summed E-state index contributed by atoms with van der Waals surface area (Å²) in [4.78, 5) is 10.7. The van der Waals surface area contributed by atoms with Gasteiger partial charge in [-0.2, -0.15) is 0 Å². The molecule has 0 saturated carbocycles. The molecular weight excluding hydrogens is 208 g/mol. The van der Waals surface area contributed by atoms with E-state index in [1.165, 1.54) is 19.2 Å². The molecule has 88 valence electrons. The number of ether oxygens (including phenoxy) is 2. The molecule has 0 radical (unpaired) electrons. The molecule has 0 atom stereocenters. The number of carbonyl (C=O) groups is 1. The molecule has 0 spiro atoms. The van der Waals surface area contributed by atoms with Gasteiger partial charge in [0.1, 0.15) is 0 Å². The third kappa shape index (κ3) is 5.02. The molecule has 0 N–H and O–H groups in total. The van der Waals surface area contributed by atoms with E-state index in [4.69, 9.17) is 4.74 Å². The van der Waals surface area contributed by atoms with Gasteiger partial charge < -0.3 is 9.47 Å². The van der Waals surface area contributed by atoms with Gasteiger partial charge in [0.25, 0.3) is 0 Å². The van der Waals surface area contributed by atoms with Crippen LogP contribution in [0.2, 0.25) is 18.1 Å². The lowest BCUT2D eigenvalue weighted by Crippen LogP contribution is -2.29. The maximum absolute atomic E-state index is 10.7. The smallest absolute Gasteiger partial charge is 0.438 e. The van der Waals surface area contributed by atoms with Gasteiger partial charge in [-0.15, -0.1) is 12.3 Å². The Balaban J connectivity index is 3.81. The fourth-order valence-electron chi connectivity index (χ4n) is 1.63. The van der Waals surface area contributed by atoms with E-state index in [-0.39, 0.29) is 0 Å². The van der Waals surface area contributed by atoms with E-state index in [0.717, 1.165) is 12.5 Å². The molecule has 0 aliphatic heterocycles. The SMILES string of the molecule is C=C[Si](CC)(CC)CCCOC(=O)OC. The molecule has 0 amide bonds. The number of methoxy groups -OCH3 is 1. The minimum atomic E-state index is -1.27. The maximum atomic E-state index is 10.7. The van der Waals surface area contributed by atoms with Crippen LogP contribution in [0, 0.1) is 0 Å². The Morgan fingerprint density at radius 3 is 2.40 bits per heavy atom. The van der Waals surface area contributed by atoms with Gasteiger partial charge in [0.2, 0.25) is 0 Å². The molecule has 0 aliphatic carbocycles. The summed E-state index contributed by atoms with van der Waals surface area (Å²) >= 11 is 0. The van der Waals surface area contributed by atoms with E-state index in [9.17, 15) is 4.79 Å². The lowest BCUT2D eigenvalue weighted by atomic mass is 10.5. The monoisotopic (exact) mass is 230 g/mol. The van der Waals surface area contributed by atoms with Crippen LogP contribution in [0.4, 0.5) is 4.79 Å². The van der Waals surface area contributed by atoms with Crippen molar-refractivity contribution in [3.8, 4) is 0 Å². The average Bonchev–Trinajstić information content (AvgIpc) is 2.30. The highest BCUT2D eigenvalue weighted by Crippen LogP contribution is 2.23. The van der Waals surface area contributed by atoms with E-state index in [0.29, 0.717) is 6.61 Å². The highest BCUT2D eigenvalue weighted by molar-refractivity contribution is 6.84. The molecule has 0 unspecified atom stereocenters. The van der Waals surface area contributed by atoms with Crippen molar-refractivity contribution in [3.05, 3.63) is 12.3 Å². The summed E-state index contributed by atoms with van der Waals surface area (Å²) in [5, 5.41) is 0. The lowest BCUT2D eigenvalue weighted by molar-refractivity contribution is 0.0728. The van der Waals surface area contributed by atoms with Gasteiger partial charge in [-0.1, -0.05) is 32.0 Å². The van der Waals surface area contributed by atoms with Crippen LogP contribution in [0.25, 0.3) is 0 Å². The van der Waals surface area contributed by atoms with Crippen molar-refractivity contribution < 1.29 is 14.3 Å². The van der Waals surface area contributed by atoms with Gasteiger partial charge in [-0.3, -0.25) is 0 Å². The summed E-state index contributed by atoms with van der Waals surface area (Å²) in [7, 11) is 0.0548. The minimum Gasteiger partial charge on any atom is -0.438 e. The zero-order chi connectivity index (χ0) is 11.7. The van der Waals surface area contributed by atoms with Crippen LogP contribution in [0.1, 0.15) is 20.3 Å². The maximum Gasteiger partial charge on any atom is 0.507 e. The second-order valence-corrected chi connectivity index (χ2v) is 8.73. The van der Waals surface area contributed by atoms with Crippen molar-refractivity contribution in [1.82, 2.24) is 0 Å². The van der Waals surface area contributed by atoms with Crippen molar-refractivity contribution in [3.63, 3.8) is 0 Å². The summed E-state index contributed by atoms with van der Waals surface area (Å²) < 4.78 is 9.24. The molecule has 15 heavy (non-hydrogen) atoms. The normalized spacial score (nSPS) is 10.9. The van der Waals surface area contributed by atoms with Gasteiger partial charge in [0.05, 0.1) is 21.8 Å². The second-order valence-electron chi connectivity index (χ2n) is 3.68. The summed E-state index contributed by atoms with van der Waals surface area (Å²) in [5.41, 5.74) is 2.16. The van der Waals surface area contributed by atoms with E-state index in [2.05, 4.69) is 30.9 Å². The topological polar surface area (TPSA) is 35.5 Å². The van der Waals surface area contributed by atoms with Crippen LogP contribution in [-0.4, -0.2) is 27.9 Å². The highest BCUT2D eigenvalue weighted by atomic mass is 28.3. The van der Waals surface area contributed by atoms with Gasteiger partial charge in [0.15, 0.2) is 0 Å². The fourth-order valence-corrected chi connectivity index (χ4v) is 4.47. The largest absolute Gasteiger partial charge is 0.507 e. The molecule has 0 aromatic heterocycles. The molecule has 0 aromatic carbocycles. The average molecular weight is 230 g/mol. The Morgan fingerprint density at radius 2 is 2.00 bits per heavy atom. The molecule has 3 nitrogen and oxygen atoms in total. The molecule has 0 aromatic rings. The number of hydrogen-bond donors (Lipinski definition) is 0. The molecule has 0 fully saturated rings. The molecular formula is C11H22O3Si. The van der Waals surface area contributed by atoms with E-state index in [1.54, 1.807) is 0 Å². The summed E-state index contributed by atoms with van der Waals surface area (Å²) in [6.07, 6.45) is 0.323. The second kappa shape index (κ2) is 7.51. The summed E-state index contributed by atoms with van der Waals surface area (Å²) in [6.45, 7) is 8.83. The first kappa shape index (κ1) is 14.2. The fraction of sp³-hybridized carbons (Fsp3) is 0.727. The van der Waals surface area contributed by atoms with Crippen LogP contribution in [-0.2, 0) is 9.47 Å². The number of hydrogen-bond acceptors (Lipinski definition) is 3. The van der Waals surface area contributed by atoms with E-state index >= 15 is 0 Å². The summed E-state index contributed by atoms with van der Waals surface area (Å²) in [6, 6.07) is 3.57. The predicted octanol–water partition coefficient (Wildman–Crippen LogP) is 3.37. The van der Waals surface area contributed by atoms with Crippen molar-refractivity contribution >= 4 is 14.2 Å². The number of carbonyl (C=O) groups excluding carboxylic acids is 1. The van der Waals surface area contributed by atoms with Crippen LogP contribution < -0.4 is 0 Å². The lowest BCUT2D eigenvalue weighted by Gasteiger charge is -2.24. The predicted molar refractivity (Wildman–Crippen MR) is 64.7 cm³/mol. The van der Waals surface area contributed by atoms with Gasteiger partial charge in [-0.25, -0.2) is 4.79 Å². The Kier molecular flexibility index (Phi) is 7.12. The molecule has 0 heterocycles. The van der Waals surface area contributed by atoms with Crippen LogP contribution in [0.5, 0.6) is 0 Å². The third-order valence-electron chi connectivity index (χ3n) is 3.05. The van der Waals surface area contributed by atoms with E-state index < -0.39 is 14.2 Å². The summed E-state index contributed by atoms with van der Waals surface area (Å²) in [5.74, 6) is 0. The zero-order valence-corrected chi connectivity index (χ0v) is 11.0. The minimum absolute atomic E-state index is 0.454. The Labute approximate surface area is 93.5 Å². The number of rotatable bonds is 7. The standard InChI is InChI=1S/C11H22O3Si/c1-5-15(6-2,7-3)10-8-9-14-11(12)13-4/h5H,1,6-10H2,2-4H3. The Morgan fingerprint density at radius 1 is 1.40 bits per heavy atom. The Hall–Kier alpha value is -0.773. The first-order valence-corrected chi connectivity index (χ1v) is 8.18. The quantitative estimate of drug-likeness (QED) is 0.382. The third-order valence-corrected chi connectivity index (χ3v) is 8.08. The molecule has 0 aliphatic rings. The molecule has 0 rings (SSSR count). The van der Waals surface area contributed by atoms with Gasteiger partial charge >= 0.3 is 6.16 Å². The molecule has 4 heteroatoms. The van der Waals surface area contributed by atoms with E-state index in [1.807, 2.05) is 0 Å². The van der Waals surface area contributed by atoms with Crippen LogP contribution in [0.15, 0.2) is 12.3 Å². The van der Waals surface area contributed by atoms with Crippen LogP contribution >= 0.6 is 0 Å². The Bertz CT molecular complexity index is 200. The van der Waals surface area contributed by atoms with Crippen molar-refractivity contribution in [2.24, 2.45) is 0 Å². The van der Waals surface area contributed by atoms with Crippen LogP contribution in [0.3, 0.4) is 0 Å². The highest BCUT2D eigenvalue weighted by Gasteiger charge is 2.24. The van der Waals surface area contributed by atoms with Crippen molar-refractivity contribution in [2.45, 2.75) is 38.4 Å². The first-order valence-electron chi connectivity index (χ1n) is 5.48.